The summed E-state index contributed by atoms with van der Waals surface area (Å²) in [6.45, 7) is 2.06. The predicted molar refractivity (Wildman–Crippen MR) is 59.0 cm³/mol. The fourth-order valence-corrected chi connectivity index (χ4v) is 0.667. The molecule has 1 aromatic rings. The average molecular weight is 195 g/mol. The zero-order chi connectivity index (χ0) is 10.8. The molecule has 3 N–H and O–H groups in total. The van der Waals surface area contributed by atoms with Gasteiger partial charge in [0.25, 0.3) is 0 Å². The lowest BCUT2D eigenvalue weighted by Crippen LogP contribution is -1.80. The highest BCUT2D eigenvalue weighted by Crippen LogP contribution is 2.09. The van der Waals surface area contributed by atoms with Crippen LogP contribution in [0.5, 0.6) is 5.75 Å². The summed E-state index contributed by atoms with van der Waals surface area (Å²) in [6.07, 6.45) is 4.69. The van der Waals surface area contributed by atoms with Gasteiger partial charge in [-0.15, -0.1) is 0 Å². The molecule has 0 aliphatic carbocycles. The number of nitrogens with two attached hydrogens (primary N) is 1. The Morgan fingerprint density at radius 1 is 1.36 bits per heavy atom. The molecule has 0 radical (unpaired) electrons. The van der Waals surface area contributed by atoms with E-state index in [1.165, 1.54) is 0 Å². The SMILES string of the molecule is CC/C=C/OC.Nc1ccc(O)cc1. The van der Waals surface area contributed by atoms with Crippen molar-refractivity contribution in [3.8, 4) is 5.75 Å². The van der Waals surface area contributed by atoms with Crippen molar-refractivity contribution >= 4 is 5.69 Å². The Hall–Kier alpha value is -1.64. The molecule has 0 saturated carbocycles. The molecule has 0 atom stereocenters. The zero-order valence-electron chi connectivity index (χ0n) is 8.60. The fourth-order valence-electron chi connectivity index (χ4n) is 0.667. The first-order valence-electron chi connectivity index (χ1n) is 4.43. The number of hydrogen-bond acceptors (Lipinski definition) is 3. The number of ether oxygens (including phenoxy) is 1. The summed E-state index contributed by atoms with van der Waals surface area (Å²) in [5.41, 5.74) is 5.98. The lowest BCUT2D eigenvalue weighted by atomic mass is 10.3. The van der Waals surface area contributed by atoms with E-state index in [2.05, 4.69) is 11.7 Å². The second-order valence-corrected chi connectivity index (χ2v) is 2.61. The lowest BCUT2D eigenvalue weighted by Gasteiger charge is -1.89. The molecule has 0 aliphatic heterocycles. The van der Waals surface area contributed by atoms with E-state index in [0.717, 1.165) is 6.42 Å². The van der Waals surface area contributed by atoms with Crippen LogP contribution in [0.3, 0.4) is 0 Å². The summed E-state index contributed by atoms with van der Waals surface area (Å²) < 4.78 is 4.60. The van der Waals surface area contributed by atoms with Gasteiger partial charge in [0, 0.05) is 5.69 Å². The van der Waals surface area contributed by atoms with Gasteiger partial charge in [-0.25, -0.2) is 0 Å². The van der Waals surface area contributed by atoms with E-state index in [1.807, 2.05) is 6.08 Å². The monoisotopic (exact) mass is 195 g/mol. The number of nitrogen functional groups attached to an aromatic ring is 1. The summed E-state index contributed by atoms with van der Waals surface area (Å²) in [5.74, 6) is 0.249. The van der Waals surface area contributed by atoms with Crippen molar-refractivity contribution in [3.05, 3.63) is 36.6 Å². The van der Waals surface area contributed by atoms with Crippen molar-refractivity contribution in [3.63, 3.8) is 0 Å². The van der Waals surface area contributed by atoms with Crippen LogP contribution in [0, 0.1) is 0 Å². The molecule has 0 heterocycles. The van der Waals surface area contributed by atoms with E-state index < -0.39 is 0 Å². The molecular formula is C11H17NO2. The number of phenolic OH excluding ortho intramolecular Hbond substituents is 1. The Morgan fingerprint density at radius 2 is 1.93 bits per heavy atom. The van der Waals surface area contributed by atoms with E-state index in [-0.39, 0.29) is 5.75 Å². The molecule has 0 spiro atoms. The standard InChI is InChI=1S/C6H7NO.C5H10O/c7-5-1-3-6(8)4-2-5;1-3-4-5-6-2/h1-4,8H,7H2;4-5H,3H2,1-2H3/b;5-4+. The molecular weight excluding hydrogens is 178 g/mol. The Labute approximate surface area is 84.8 Å². The fraction of sp³-hybridized carbons (Fsp3) is 0.273. The number of anilines is 1. The maximum atomic E-state index is 8.70. The van der Waals surface area contributed by atoms with Gasteiger partial charge in [0.15, 0.2) is 0 Å². The van der Waals surface area contributed by atoms with Crippen LogP contribution in [0.1, 0.15) is 13.3 Å². The molecule has 78 valence electrons. The summed E-state index contributed by atoms with van der Waals surface area (Å²) in [4.78, 5) is 0. The number of hydrogen-bond donors (Lipinski definition) is 2. The number of benzene rings is 1. The number of aromatic hydroxyl groups is 1. The van der Waals surface area contributed by atoms with Crippen molar-refractivity contribution in [1.29, 1.82) is 0 Å². The van der Waals surface area contributed by atoms with Crippen LogP contribution in [0.2, 0.25) is 0 Å². The number of rotatable bonds is 2. The van der Waals surface area contributed by atoms with Gasteiger partial charge in [0.1, 0.15) is 5.75 Å². The number of phenols is 1. The van der Waals surface area contributed by atoms with Crippen LogP contribution in [0.25, 0.3) is 0 Å². The molecule has 14 heavy (non-hydrogen) atoms. The minimum atomic E-state index is 0.249. The Morgan fingerprint density at radius 3 is 2.21 bits per heavy atom. The van der Waals surface area contributed by atoms with Crippen LogP contribution in [-0.4, -0.2) is 12.2 Å². The summed E-state index contributed by atoms with van der Waals surface area (Å²) in [6, 6.07) is 6.40. The highest BCUT2D eigenvalue weighted by molar-refractivity contribution is 5.40. The minimum Gasteiger partial charge on any atom is -0.508 e. The molecule has 0 unspecified atom stereocenters. The van der Waals surface area contributed by atoms with Gasteiger partial charge in [0.05, 0.1) is 13.4 Å². The molecule has 0 aromatic heterocycles. The average Bonchev–Trinajstić information content (AvgIpc) is 2.20. The van der Waals surface area contributed by atoms with Gasteiger partial charge in [-0.05, 0) is 30.7 Å². The molecule has 0 fully saturated rings. The van der Waals surface area contributed by atoms with Crippen molar-refractivity contribution in [2.24, 2.45) is 0 Å². The second kappa shape index (κ2) is 7.98. The second-order valence-electron chi connectivity index (χ2n) is 2.61. The minimum absolute atomic E-state index is 0.249. The zero-order valence-corrected chi connectivity index (χ0v) is 8.60. The van der Waals surface area contributed by atoms with Gasteiger partial charge < -0.3 is 15.6 Å². The quantitative estimate of drug-likeness (QED) is 0.433. The first-order chi connectivity index (χ1) is 6.70. The van der Waals surface area contributed by atoms with Crippen LogP contribution in [0.15, 0.2) is 36.6 Å². The number of methoxy groups -OCH3 is 1. The summed E-state index contributed by atoms with van der Waals surface area (Å²) >= 11 is 0. The van der Waals surface area contributed by atoms with Gasteiger partial charge in [-0.1, -0.05) is 13.0 Å². The van der Waals surface area contributed by atoms with E-state index in [0.29, 0.717) is 5.69 Å². The van der Waals surface area contributed by atoms with E-state index >= 15 is 0 Å². The molecule has 0 bridgehead atoms. The molecule has 3 nitrogen and oxygen atoms in total. The summed E-state index contributed by atoms with van der Waals surface area (Å²) in [5, 5.41) is 8.70. The third-order valence-electron chi connectivity index (χ3n) is 1.36. The number of allylic oxidation sites excluding steroid dienone is 1. The van der Waals surface area contributed by atoms with Crippen molar-refractivity contribution in [2.75, 3.05) is 12.8 Å². The highest BCUT2D eigenvalue weighted by Gasteiger charge is 1.82. The van der Waals surface area contributed by atoms with Crippen LogP contribution in [0.4, 0.5) is 5.69 Å². The van der Waals surface area contributed by atoms with Crippen molar-refractivity contribution in [1.82, 2.24) is 0 Å². The molecule has 0 amide bonds. The molecule has 1 rings (SSSR count). The third kappa shape index (κ3) is 7.03. The largest absolute Gasteiger partial charge is 0.508 e. The van der Waals surface area contributed by atoms with Crippen molar-refractivity contribution < 1.29 is 9.84 Å². The van der Waals surface area contributed by atoms with Gasteiger partial charge >= 0.3 is 0 Å². The molecule has 0 saturated heterocycles. The van der Waals surface area contributed by atoms with E-state index in [4.69, 9.17) is 10.8 Å². The van der Waals surface area contributed by atoms with Gasteiger partial charge in [-0.2, -0.15) is 0 Å². The van der Waals surface area contributed by atoms with Crippen LogP contribution < -0.4 is 5.73 Å². The Balaban J connectivity index is 0.000000255. The van der Waals surface area contributed by atoms with Gasteiger partial charge in [0.2, 0.25) is 0 Å². The third-order valence-corrected chi connectivity index (χ3v) is 1.36. The topological polar surface area (TPSA) is 55.5 Å². The van der Waals surface area contributed by atoms with E-state index in [1.54, 1.807) is 37.6 Å². The summed E-state index contributed by atoms with van der Waals surface area (Å²) in [7, 11) is 1.64. The van der Waals surface area contributed by atoms with Crippen molar-refractivity contribution in [2.45, 2.75) is 13.3 Å². The lowest BCUT2D eigenvalue weighted by molar-refractivity contribution is 0.336. The molecule has 3 heteroatoms. The first-order valence-corrected chi connectivity index (χ1v) is 4.43. The normalized spacial score (nSPS) is 9.29. The molecule has 1 aromatic carbocycles. The van der Waals surface area contributed by atoms with Crippen LogP contribution >= 0.6 is 0 Å². The maximum Gasteiger partial charge on any atom is 0.115 e. The predicted octanol–water partition coefficient (Wildman–Crippen LogP) is 2.53. The van der Waals surface area contributed by atoms with Crippen LogP contribution in [-0.2, 0) is 4.74 Å². The highest BCUT2D eigenvalue weighted by atomic mass is 16.5. The smallest absolute Gasteiger partial charge is 0.115 e. The Bertz CT molecular complexity index is 227. The Kier molecular flexibility index (Phi) is 7.05. The molecule has 0 aliphatic rings. The van der Waals surface area contributed by atoms with E-state index in [9.17, 15) is 0 Å². The maximum absolute atomic E-state index is 8.70. The van der Waals surface area contributed by atoms with Gasteiger partial charge in [-0.3, -0.25) is 0 Å². The first kappa shape index (κ1) is 12.4.